The monoisotopic (exact) mass is 327 g/mol. The smallest absolute Gasteiger partial charge is 0.377 e. The summed E-state index contributed by atoms with van der Waals surface area (Å²) in [4.78, 5) is 15.2. The van der Waals surface area contributed by atoms with Crippen molar-refractivity contribution in [1.29, 1.82) is 0 Å². The van der Waals surface area contributed by atoms with Gasteiger partial charge in [0, 0.05) is 11.5 Å². The number of carbonyl (C=O) groups is 1. The lowest BCUT2D eigenvalue weighted by Crippen LogP contribution is -2.14. The summed E-state index contributed by atoms with van der Waals surface area (Å²) >= 11 is 0.773. The van der Waals surface area contributed by atoms with E-state index < -0.39 is 16.0 Å². The molecular formula is C12H13N3O4S2. The second-order valence-corrected chi connectivity index (χ2v) is 6.69. The van der Waals surface area contributed by atoms with Gasteiger partial charge in [-0.15, -0.1) is 0 Å². The minimum absolute atomic E-state index is 0.0105. The number of nitrogens with one attached hydrogen (secondary N) is 1. The van der Waals surface area contributed by atoms with Gasteiger partial charge in [-0.3, -0.25) is 4.72 Å². The molecule has 0 saturated carbocycles. The minimum Gasteiger partial charge on any atom is -0.463 e. The summed E-state index contributed by atoms with van der Waals surface area (Å²) in [5.74, 6) is -0.899. The number of carbonyl (C=O) groups excluding carboxylic acids is 1. The number of rotatable bonds is 4. The molecule has 0 amide bonds. The second-order valence-electron chi connectivity index (χ2n) is 4.29. The highest BCUT2D eigenvalue weighted by atomic mass is 32.2. The van der Waals surface area contributed by atoms with E-state index in [1.165, 1.54) is 7.11 Å². The van der Waals surface area contributed by atoms with Gasteiger partial charge in [0.15, 0.2) is 0 Å². The van der Waals surface area contributed by atoms with Crippen molar-refractivity contribution in [3.63, 3.8) is 0 Å². The highest BCUT2D eigenvalue weighted by Crippen LogP contribution is 2.21. The molecule has 21 heavy (non-hydrogen) atoms. The highest BCUT2D eigenvalue weighted by Gasteiger charge is 2.20. The molecule has 0 aliphatic carbocycles. The lowest BCUT2D eigenvalue weighted by Gasteiger charge is -2.08. The standard InChI is InChI=1S/C12H13N3O4S2/c1-7-4-5-8(2)9(6-7)21(17,18)15-12-13-10(14-20-12)11(16)19-3/h4-6H,1-3H3,(H,13,14,15). The van der Waals surface area contributed by atoms with E-state index in [4.69, 9.17) is 0 Å². The van der Waals surface area contributed by atoms with Gasteiger partial charge in [0.1, 0.15) is 0 Å². The summed E-state index contributed by atoms with van der Waals surface area (Å²) in [5.41, 5.74) is 1.44. The van der Waals surface area contributed by atoms with Gasteiger partial charge in [0.05, 0.1) is 12.0 Å². The second kappa shape index (κ2) is 5.78. The number of ether oxygens (including phenoxy) is 1. The van der Waals surface area contributed by atoms with Gasteiger partial charge in [0.2, 0.25) is 5.13 Å². The van der Waals surface area contributed by atoms with E-state index in [0.29, 0.717) is 5.56 Å². The van der Waals surface area contributed by atoms with Crippen LogP contribution in [-0.4, -0.2) is 30.9 Å². The third-order valence-electron chi connectivity index (χ3n) is 2.65. The third kappa shape index (κ3) is 3.37. The van der Waals surface area contributed by atoms with Crippen LogP contribution in [0.25, 0.3) is 0 Å². The number of aromatic nitrogens is 2. The van der Waals surface area contributed by atoms with Gasteiger partial charge < -0.3 is 4.74 Å². The molecule has 0 aliphatic rings. The van der Waals surface area contributed by atoms with Crippen molar-refractivity contribution in [1.82, 2.24) is 9.36 Å². The normalized spacial score (nSPS) is 11.2. The van der Waals surface area contributed by atoms with E-state index in [2.05, 4.69) is 18.8 Å². The molecular weight excluding hydrogens is 314 g/mol. The fourth-order valence-corrected chi connectivity index (χ4v) is 3.72. The molecule has 1 aromatic carbocycles. The van der Waals surface area contributed by atoms with Crippen LogP contribution in [0.15, 0.2) is 23.1 Å². The Balaban J connectivity index is 2.31. The van der Waals surface area contributed by atoms with Gasteiger partial charge in [0.25, 0.3) is 15.8 Å². The Bertz CT molecular complexity index is 784. The molecule has 1 heterocycles. The Morgan fingerprint density at radius 3 is 2.71 bits per heavy atom. The number of hydrogen-bond donors (Lipinski definition) is 1. The molecule has 0 fully saturated rings. The number of benzene rings is 1. The molecule has 0 atom stereocenters. The Hall–Kier alpha value is -2.00. The predicted octanol–water partition coefficient (Wildman–Crippen LogP) is 1.74. The number of methoxy groups -OCH3 is 1. The topological polar surface area (TPSA) is 98.2 Å². The molecule has 7 nitrogen and oxygen atoms in total. The average molecular weight is 327 g/mol. The van der Waals surface area contributed by atoms with Crippen LogP contribution in [0.2, 0.25) is 0 Å². The van der Waals surface area contributed by atoms with Crippen LogP contribution in [0.1, 0.15) is 21.7 Å². The maximum Gasteiger partial charge on any atom is 0.377 e. The zero-order valence-electron chi connectivity index (χ0n) is 11.6. The van der Waals surface area contributed by atoms with Crippen molar-refractivity contribution in [3.8, 4) is 0 Å². The number of nitrogens with zero attached hydrogens (tertiary/aromatic N) is 2. The molecule has 0 saturated heterocycles. The third-order valence-corrected chi connectivity index (χ3v) is 4.89. The van der Waals surface area contributed by atoms with E-state index >= 15 is 0 Å². The molecule has 2 rings (SSSR count). The van der Waals surface area contributed by atoms with E-state index in [9.17, 15) is 13.2 Å². The maximum atomic E-state index is 12.3. The van der Waals surface area contributed by atoms with Crippen LogP contribution < -0.4 is 4.72 Å². The molecule has 1 aromatic heterocycles. The van der Waals surface area contributed by atoms with E-state index in [1.807, 2.05) is 6.07 Å². The number of esters is 1. The zero-order chi connectivity index (χ0) is 15.6. The summed E-state index contributed by atoms with van der Waals surface area (Å²) in [6.07, 6.45) is 0. The van der Waals surface area contributed by atoms with Crippen molar-refractivity contribution < 1.29 is 17.9 Å². The SMILES string of the molecule is COC(=O)c1nsc(NS(=O)(=O)c2cc(C)ccc2C)n1. The van der Waals surface area contributed by atoms with Crippen molar-refractivity contribution in [2.75, 3.05) is 11.8 Å². The fraction of sp³-hybridized carbons (Fsp3) is 0.250. The molecule has 9 heteroatoms. The Labute approximate surface area is 126 Å². The lowest BCUT2D eigenvalue weighted by atomic mass is 10.2. The first-order valence-corrected chi connectivity index (χ1v) is 8.11. The Kier molecular flexibility index (Phi) is 4.24. The molecule has 1 N–H and O–H groups in total. The van der Waals surface area contributed by atoms with E-state index in [0.717, 1.165) is 17.1 Å². The first kappa shape index (κ1) is 15.4. The summed E-state index contributed by atoms with van der Waals surface area (Å²) in [7, 11) is -2.58. The van der Waals surface area contributed by atoms with Crippen molar-refractivity contribution >= 4 is 32.7 Å². The molecule has 0 aliphatic heterocycles. The van der Waals surface area contributed by atoms with Crippen LogP contribution in [0, 0.1) is 13.8 Å². The van der Waals surface area contributed by atoms with Crippen molar-refractivity contribution in [2.24, 2.45) is 0 Å². The number of aryl methyl sites for hydroxylation is 2. The summed E-state index contributed by atoms with van der Waals surface area (Å²) < 4.78 is 35.2. The van der Waals surface area contributed by atoms with Crippen LogP contribution >= 0.6 is 11.5 Å². The van der Waals surface area contributed by atoms with E-state index in [1.54, 1.807) is 26.0 Å². The van der Waals surface area contributed by atoms with Crippen LogP contribution in [0.4, 0.5) is 5.13 Å². The van der Waals surface area contributed by atoms with Gasteiger partial charge >= 0.3 is 5.97 Å². The Morgan fingerprint density at radius 1 is 1.33 bits per heavy atom. The van der Waals surface area contributed by atoms with Crippen molar-refractivity contribution in [2.45, 2.75) is 18.7 Å². The largest absolute Gasteiger partial charge is 0.463 e. The number of anilines is 1. The van der Waals surface area contributed by atoms with Crippen LogP contribution in [-0.2, 0) is 14.8 Å². The van der Waals surface area contributed by atoms with Gasteiger partial charge in [-0.1, -0.05) is 12.1 Å². The van der Waals surface area contributed by atoms with Gasteiger partial charge in [-0.05, 0) is 31.0 Å². The minimum atomic E-state index is -3.78. The molecule has 0 unspecified atom stereocenters. The average Bonchev–Trinajstić information content (AvgIpc) is 2.88. The van der Waals surface area contributed by atoms with Gasteiger partial charge in [-0.25, -0.2) is 13.2 Å². The quantitative estimate of drug-likeness (QED) is 0.859. The summed E-state index contributed by atoms with van der Waals surface area (Å²) in [6, 6.07) is 5.12. The zero-order valence-corrected chi connectivity index (χ0v) is 13.2. The number of sulfonamides is 1. The molecule has 0 spiro atoms. The van der Waals surface area contributed by atoms with Crippen LogP contribution in [0.5, 0.6) is 0 Å². The predicted molar refractivity (Wildman–Crippen MR) is 78.0 cm³/mol. The summed E-state index contributed by atoms with van der Waals surface area (Å²) in [6.45, 7) is 3.51. The Morgan fingerprint density at radius 2 is 2.05 bits per heavy atom. The maximum absolute atomic E-state index is 12.3. The molecule has 0 bridgehead atoms. The van der Waals surface area contributed by atoms with Crippen LogP contribution in [0.3, 0.4) is 0 Å². The first-order chi connectivity index (χ1) is 9.83. The number of hydrogen-bond acceptors (Lipinski definition) is 7. The lowest BCUT2D eigenvalue weighted by molar-refractivity contribution is 0.0588. The fourth-order valence-electron chi connectivity index (χ4n) is 1.61. The molecule has 2 aromatic rings. The van der Waals surface area contributed by atoms with Gasteiger partial charge in [-0.2, -0.15) is 9.36 Å². The molecule has 112 valence electrons. The first-order valence-electron chi connectivity index (χ1n) is 5.85. The summed E-state index contributed by atoms with van der Waals surface area (Å²) in [5, 5.41) is 0.0105. The molecule has 0 radical (unpaired) electrons. The van der Waals surface area contributed by atoms with E-state index in [-0.39, 0.29) is 15.9 Å². The van der Waals surface area contributed by atoms with Crippen molar-refractivity contribution in [3.05, 3.63) is 35.2 Å². The highest BCUT2D eigenvalue weighted by molar-refractivity contribution is 7.93.